The van der Waals surface area contributed by atoms with Crippen LogP contribution in [0.3, 0.4) is 0 Å². The maximum absolute atomic E-state index is 6.16. The van der Waals surface area contributed by atoms with Gasteiger partial charge in [0.1, 0.15) is 18.8 Å². The van der Waals surface area contributed by atoms with Crippen molar-refractivity contribution in [2.75, 3.05) is 13.2 Å². The van der Waals surface area contributed by atoms with E-state index in [9.17, 15) is 0 Å². The maximum atomic E-state index is 6.16. The second-order valence-electron chi connectivity index (χ2n) is 6.00. The number of ether oxygens (including phenoxy) is 4. The van der Waals surface area contributed by atoms with Crippen molar-refractivity contribution in [1.82, 2.24) is 0 Å². The number of terminal acetylenes is 1. The summed E-state index contributed by atoms with van der Waals surface area (Å²) in [5, 5.41) is 0. The molecule has 1 saturated heterocycles. The lowest BCUT2D eigenvalue weighted by molar-refractivity contribution is -0.279. The Bertz CT molecular complexity index is 713. The average molecular weight is 417 g/mol. The molecule has 1 aromatic carbocycles. The molecule has 5 heteroatoms. The minimum atomic E-state index is -0.430. The van der Waals surface area contributed by atoms with Gasteiger partial charge in [-0.2, -0.15) is 0 Å². The second kappa shape index (κ2) is 9.80. The van der Waals surface area contributed by atoms with E-state index in [-0.39, 0.29) is 18.3 Å². The molecule has 0 radical (unpaired) electrons. The van der Waals surface area contributed by atoms with E-state index in [4.69, 9.17) is 25.4 Å². The van der Waals surface area contributed by atoms with E-state index in [1.54, 1.807) is 6.26 Å². The predicted molar refractivity (Wildman–Crippen MR) is 102 cm³/mol. The van der Waals surface area contributed by atoms with Crippen molar-refractivity contribution in [1.29, 1.82) is 0 Å². The van der Waals surface area contributed by atoms with Crippen molar-refractivity contribution in [3.63, 3.8) is 0 Å². The van der Waals surface area contributed by atoms with Gasteiger partial charge in [0.2, 0.25) is 0 Å². The smallest absolute Gasteiger partial charge is 0.184 e. The van der Waals surface area contributed by atoms with E-state index in [0.717, 1.165) is 29.3 Å². The van der Waals surface area contributed by atoms with Gasteiger partial charge >= 0.3 is 0 Å². The fourth-order valence-corrected chi connectivity index (χ4v) is 3.32. The molecule has 2 heterocycles. The van der Waals surface area contributed by atoms with Gasteiger partial charge < -0.3 is 18.9 Å². The summed E-state index contributed by atoms with van der Waals surface area (Å²) in [5.74, 6) is 8.72. The van der Waals surface area contributed by atoms with Crippen LogP contribution in [0.1, 0.15) is 31.1 Å². The first-order valence-corrected chi connectivity index (χ1v) is 9.42. The molecule has 26 heavy (non-hydrogen) atoms. The van der Waals surface area contributed by atoms with Crippen molar-refractivity contribution < 1.29 is 18.9 Å². The van der Waals surface area contributed by atoms with Gasteiger partial charge in [-0.15, -0.1) is 18.3 Å². The average Bonchev–Trinajstić information content (AvgIpc) is 2.69. The lowest BCUT2D eigenvalue weighted by Gasteiger charge is -2.41. The Labute approximate surface area is 163 Å². The first kappa shape index (κ1) is 19.0. The number of benzene rings is 1. The molecule has 0 saturated carbocycles. The van der Waals surface area contributed by atoms with Crippen LogP contribution in [0.15, 0.2) is 41.1 Å². The molecule has 0 bridgehead atoms. The molecule has 0 amide bonds. The van der Waals surface area contributed by atoms with Gasteiger partial charge in [-0.3, -0.25) is 0 Å². The fourth-order valence-electron chi connectivity index (χ4n) is 2.82. The number of hydrogen-bond donors (Lipinski definition) is 0. The zero-order valence-electron chi connectivity index (χ0n) is 14.4. The van der Waals surface area contributed by atoms with Gasteiger partial charge in [-0.05, 0) is 22.4 Å². The molecule has 1 aromatic rings. The monoisotopic (exact) mass is 416 g/mol. The van der Waals surface area contributed by atoms with Gasteiger partial charge in [0.15, 0.2) is 12.4 Å². The molecule has 0 aromatic heterocycles. The Kier molecular flexibility index (Phi) is 7.17. The van der Waals surface area contributed by atoms with Crippen LogP contribution in [0.5, 0.6) is 0 Å². The molecule has 1 fully saturated rings. The highest BCUT2D eigenvalue weighted by molar-refractivity contribution is 9.11. The van der Waals surface area contributed by atoms with Crippen LogP contribution in [-0.4, -0.2) is 31.5 Å². The second-order valence-corrected chi connectivity index (χ2v) is 6.91. The SMILES string of the molecule is C#CCCCC#CCO[C@@H]1C(Br)=CO[C@@H]2COC(c3ccccc3)O[C@H]12. The largest absolute Gasteiger partial charge is 0.492 e. The van der Waals surface area contributed by atoms with Crippen LogP contribution in [0.2, 0.25) is 0 Å². The number of rotatable bonds is 5. The highest BCUT2D eigenvalue weighted by Gasteiger charge is 2.43. The summed E-state index contributed by atoms with van der Waals surface area (Å²) < 4.78 is 24.4. The van der Waals surface area contributed by atoms with Crippen molar-refractivity contribution in [2.45, 2.75) is 43.9 Å². The van der Waals surface area contributed by atoms with Crippen molar-refractivity contribution in [3.8, 4) is 24.2 Å². The molecular formula is C21H21BrO4. The van der Waals surface area contributed by atoms with Gasteiger partial charge in [0.25, 0.3) is 0 Å². The summed E-state index contributed by atoms with van der Waals surface area (Å²) in [6.07, 6.45) is 8.15. The Morgan fingerprint density at radius 2 is 2.04 bits per heavy atom. The predicted octanol–water partition coefficient (Wildman–Crippen LogP) is 3.93. The molecule has 1 unspecified atom stereocenters. The topological polar surface area (TPSA) is 36.9 Å². The van der Waals surface area contributed by atoms with Crippen molar-refractivity contribution in [3.05, 3.63) is 46.6 Å². The Morgan fingerprint density at radius 3 is 2.85 bits per heavy atom. The summed E-state index contributed by atoms with van der Waals surface area (Å²) >= 11 is 3.52. The minimum Gasteiger partial charge on any atom is -0.492 e. The molecule has 0 spiro atoms. The molecule has 3 rings (SSSR count). The quantitative estimate of drug-likeness (QED) is 0.538. The standard InChI is InChI=1S/C21H21BrO4/c1-2-3-4-5-6-10-13-23-19-17(22)14-24-18-15-25-21(26-20(18)19)16-11-8-7-9-12-16/h1,7-9,11-12,14,18-21H,3-5,13,15H2/t18-,19-,20+,21?/m1/s1. The lowest BCUT2D eigenvalue weighted by Crippen LogP contribution is -2.51. The lowest BCUT2D eigenvalue weighted by atomic mass is 10.0. The third-order valence-corrected chi connectivity index (χ3v) is 4.78. The van der Waals surface area contributed by atoms with E-state index in [1.165, 1.54) is 0 Å². The number of unbranched alkanes of at least 4 members (excludes halogenated alkanes) is 2. The van der Waals surface area contributed by atoms with E-state index in [1.807, 2.05) is 30.3 Å². The van der Waals surface area contributed by atoms with Gasteiger partial charge in [-0.1, -0.05) is 36.3 Å². The zero-order chi connectivity index (χ0) is 18.2. The molecule has 2 aliphatic heterocycles. The van der Waals surface area contributed by atoms with Gasteiger partial charge in [0.05, 0.1) is 17.4 Å². The number of hydrogen-bond acceptors (Lipinski definition) is 4. The molecule has 2 aliphatic rings. The highest BCUT2D eigenvalue weighted by Crippen LogP contribution is 2.36. The Balaban J connectivity index is 1.60. The van der Waals surface area contributed by atoms with Crippen LogP contribution in [0.25, 0.3) is 0 Å². The van der Waals surface area contributed by atoms with E-state index >= 15 is 0 Å². The van der Waals surface area contributed by atoms with Gasteiger partial charge in [-0.25, -0.2) is 0 Å². The van der Waals surface area contributed by atoms with Crippen LogP contribution >= 0.6 is 15.9 Å². The molecule has 4 nitrogen and oxygen atoms in total. The van der Waals surface area contributed by atoms with E-state index in [2.05, 4.69) is 33.7 Å². The summed E-state index contributed by atoms with van der Waals surface area (Å²) in [7, 11) is 0. The van der Waals surface area contributed by atoms with Crippen LogP contribution in [0.4, 0.5) is 0 Å². The Morgan fingerprint density at radius 1 is 1.19 bits per heavy atom. The zero-order valence-corrected chi connectivity index (χ0v) is 16.0. The third-order valence-electron chi connectivity index (χ3n) is 4.14. The highest BCUT2D eigenvalue weighted by atomic mass is 79.9. The summed E-state index contributed by atoms with van der Waals surface area (Å²) in [5.41, 5.74) is 0.976. The Hall–Kier alpha value is -1.76. The summed E-state index contributed by atoms with van der Waals surface area (Å²) in [4.78, 5) is 0. The first-order chi connectivity index (χ1) is 12.8. The number of fused-ring (bicyclic) bond motifs is 1. The van der Waals surface area contributed by atoms with Gasteiger partial charge in [0, 0.05) is 18.4 Å². The van der Waals surface area contributed by atoms with Crippen molar-refractivity contribution in [2.24, 2.45) is 0 Å². The molecule has 0 N–H and O–H groups in total. The summed E-state index contributed by atoms with van der Waals surface area (Å²) in [6.45, 7) is 0.770. The fraction of sp³-hybridized carbons (Fsp3) is 0.429. The van der Waals surface area contributed by atoms with Crippen LogP contribution < -0.4 is 0 Å². The molecule has 0 aliphatic carbocycles. The van der Waals surface area contributed by atoms with E-state index in [0.29, 0.717) is 13.2 Å². The maximum Gasteiger partial charge on any atom is 0.184 e. The van der Waals surface area contributed by atoms with Crippen molar-refractivity contribution >= 4 is 15.9 Å². The van der Waals surface area contributed by atoms with E-state index < -0.39 is 6.29 Å². The van der Waals surface area contributed by atoms with Crippen LogP contribution in [0, 0.1) is 24.2 Å². The summed E-state index contributed by atoms with van der Waals surface area (Å²) in [6, 6.07) is 9.86. The molecule has 4 atom stereocenters. The normalized spacial score (nSPS) is 27.2. The third kappa shape index (κ3) is 4.90. The first-order valence-electron chi connectivity index (χ1n) is 8.63. The number of halogens is 1. The molecule has 136 valence electrons. The molecular weight excluding hydrogens is 396 g/mol. The van der Waals surface area contributed by atoms with Crippen LogP contribution in [-0.2, 0) is 18.9 Å². The minimum absolute atomic E-state index is 0.204.